The molecule has 0 aromatic carbocycles. The second-order valence-corrected chi connectivity index (χ2v) is 23.8. The topological polar surface area (TPSA) is 0 Å². The maximum atomic E-state index is 6.90. The molecule has 0 aliphatic heterocycles. The second-order valence-electron chi connectivity index (χ2n) is 6.22. The number of rotatable bonds is 3. The van der Waals surface area contributed by atoms with Crippen LogP contribution in [0.5, 0.6) is 0 Å². The first-order valence-corrected chi connectivity index (χ1v) is 14.0. The third kappa shape index (κ3) is 1.77. The third-order valence-corrected chi connectivity index (χ3v) is 28.8. The molecular weight excluding hydrogens is 295 g/mol. The first-order valence-electron chi connectivity index (χ1n) is 6.28. The minimum atomic E-state index is -1.76. The minimum absolute atomic E-state index is 0.283. The third-order valence-electron chi connectivity index (χ3n) is 5.06. The fraction of sp³-hybridized carbons (Fsp3) is 0.429. The number of alkyl halides is 2. The Morgan fingerprint density at radius 3 is 1.06 bits per heavy atom. The standard InChI is InChI=1S/C14H20Cl2Si2/c1-17(2,13(15)9-5-6-10-13)18(3,4)14(16)11-7-8-12-14/h5-12H,1-4H3. The van der Waals surface area contributed by atoms with Crippen molar-refractivity contribution in [3.05, 3.63) is 48.6 Å². The van der Waals surface area contributed by atoms with Crippen LogP contribution >= 0.6 is 23.2 Å². The van der Waals surface area contributed by atoms with Crippen LogP contribution in [0.25, 0.3) is 0 Å². The molecule has 0 atom stereocenters. The van der Waals surface area contributed by atoms with E-state index in [4.69, 9.17) is 23.2 Å². The summed E-state index contributed by atoms with van der Waals surface area (Å²) in [6.45, 7) is 9.54. The number of allylic oxidation sites excluding steroid dienone is 8. The molecular formula is C14H20Cl2Si2. The molecule has 0 fully saturated rings. The van der Waals surface area contributed by atoms with Crippen LogP contribution in [0.2, 0.25) is 26.2 Å². The fourth-order valence-corrected chi connectivity index (χ4v) is 17.9. The van der Waals surface area contributed by atoms with Gasteiger partial charge in [0.15, 0.2) is 0 Å². The average Bonchev–Trinajstić information content (AvgIpc) is 2.89. The van der Waals surface area contributed by atoms with Crippen LogP contribution < -0.4 is 0 Å². The van der Waals surface area contributed by atoms with Crippen LogP contribution in [0.1, 0.15) is 0 Å². The molecule has 0 unspecified atom stereocenters. The average molecular weight is 315 g/mol. The zero-order valence-corrected chi connectivity index (χ0v) is 14.9. The fourth-order valence-electron chi connectivity index (χ4n) is 2.68. The van der Waals surface area contributed by atoms with Crippen molar-refractivity contribution in [1.29, 1.82) is 0 Å². The van der Waals surface area contributed by atoms with Crippen molar-refractivity contribution in [2.75, 3.05) is 0 Å². The van der Waals surface area contributed by atoms with Crippen LogP contribution in [-0.2, 0) is 0 Å². The lowest BCUT2D eigenvalue weighted by Crippen LogP contribution is -2.72. The van der Waals surface area contributed by atoms with E-state index >= 15 is 0 Å². The molecule has 98 valence electrons. The zero-order chi connectivity index (χ0) is 13.7. The first kappa shape index (κ1) is 14.4. The van der Waals surface area contributed by atoms with E-state index in [0.29, 0.717) is 0 Å². The highest BCUT2D eigenvalue weighted by atomic mass is 35.5. The van der Waals surface area contributed by atoms with Gasteiger partial charge in [0.1, 0.15) is 0 Å². The van der Waals surface area contributed by atoms with Crippen molar-refractivity contribution in [1.82, 2.24) is 0 Å². The first-order chi connectivity index (χ1) is 8.16. The smallest absolute Gasteiger partial charge is 0.0781 e. The summed E-state index contributed by atoms with van der Waals surface area (Å²) in [4.78, 5) is 0. The molecule has 0 radical (unpaired) electrons. The lowest BCUT2D eigenvalue weighted by molar-refractivity contribution is 1.17. The van der Waals surface area contributed by atoms with Gasteiger partial charge in [-0.2, -0.15) is 0 Å². The maximum absolute atomic E-state index is 6.90. The quantitative estimate of drug-likeness (QED) is 0.520. The highest BCUT2D eigenvalue weighted by Crippen LogP contribution is 2.47. The predicted molar refractivity (Wildman–Crippen MR) is 88.7 cm³/mol. The number of hydrogen-bond acceptors (Lipinski definition) is 0. The van der Waals surface area contributed by atoms with E-state index in [0.717, 1.165) is 0 Å². The van der Waals surface area contributed by atoms with Crippen molar-refractivity contribution < 1.29 is 0 Å². The van der Waals surface area contributed by atoms with E-state index in [-0.39, 0.29) is 8.99 Å². The molecule has 18 heavy (non-hydrogen) atoms. The molecule has 0 saturated carbocycles. The Morgan fingerprint density at radius 1 is 0.611 bits per heavy atom. The number of halogens is 2. The SMILES string of the molecule is C[Si](C)(C1(Cl)C=CC=C1)[Si](C)(C)C1(Cl)C=CC=C1. The van der Waals surface area contributed by atoms with Gasteiger partial charge in [0.05, 0.1) is 24.2 Å². The molecule has 0 spiro atoms. The Hall–Kier alpha value is -0.0262. The predicted octanol–water partition coefficient (Wildman–Crippen LogP) is 4.77. The summed E-state index contributed by atoms with van der Waals surface area (Å²) in [5.74, 6) is 0. The molecule has 2 aliphatic rings. The van der Waals surface area contributed by atoms with Crippen LogP contribution in [0, 0.1) is 0 Å². The molecule has 0 amide bonds. The Kier molecular flexibility index (Phi) is 3.39. The van der Waals surface area contributed by atoms with E-state index in [1.54, 1.807) is 0 Å². The van der Waals surface area contributed by atoms with E-state index in [1.165, 1.54) is 0 Å². The van der Waals surface area contributed by atoms with Crippen molar-refractivity contribution in [3.8, 4) is 0 Å². The van der Waals surface area contributed by atoms with Gasteiger partial charge in [0, 0.05) is 0 Å². The summed E-state index contributed by atoms with van der Waals surface area (Å²) in [5.41, 5.74) is 0. The second kappa shape index (κ2) is 4.24. The Balaban J connectivity index is 2.46. The Labute approximate surface area is 122 Å². The molecule has 2 rings (SSSR count). The normalized spacial score (nSPS) is 24.1. The van der Waals surface area contributed by atoms with Gasteiger partial charge in [-0.3, -0.25) is 0 Å². The molecule has 0 aromatic rings. The summed E-state index contributed by atoms with van der Waals surface area (Å²) in [6.07, 6.45) is 16.9. The van der Waals surface area contributed by atoms with Gasteiger partial charge in [0.2, 0.25) is 0 Å². The Morgan fingerprint density at radius 2 is 0.833 bits per heavy atom. The van der Waals surface area contributed by atoms with Gasteiger partial charge in [-0.25, -0.2) is 0 Å². The van der Waals surface area contributed by atoms with Crippen molar-refractivity contribution in [2.24, 2.45) is 0 Å². The van der Waals surface area contributed by atoms with Gasteiger partial charge in [0.25, 0.3) is 0 Å². The summed E-state index contributed by atoms with van der Waals surface area (Å²) >= 11 is 13.8. The molecule has 0 aromatic heterocycles. The van der Waals surface area contributed by atoms with Crippen LogP contribution in [0.4, 0.5) is 0 Å². The molecule has 0 saturated heterocycles. The molecule has 2 aliphatic carbocycles. The van der Waals surface area contributed by atoms with Crippen LogP contribution in [0.3, 0.4) is 0 Å². The lowest BCUT2D eigenvalue weighted by Gasteiger charge is -2.51. The van der Waals surface area contributed by atoms with Gasteiger partial charge in [-0.05, 0) is 0 Å². The van der Waals surface area contributed by atoms with Crippen molar-refractivity contribution >= 4 is 38.4 Å². The minimum Gasteiger partial charge on any atom is -0.114 e. The highest BCUT2D eigenvalue weighted by molar-refractivity contribution is 7.46. The van der Waals surface area contributed by atoms with E-state index in [9.17, 15) is 0 Å². The highest BCUT2D eigenvalue weighted by Gasteiger charge is 2.60. The van der Waals surface area contributed by atoms with E-state index in [1.807, 2.05) is 0 Å². The molecule has 0 heterocycles. The van der Waals surface area contributed by atoms with Crippen molar-refractivity contribution in [2.45, 2.75) is 35.2 Å². The van der Waals surface area contributed by atoms with Crippen LogP contribution in [0.15, 0.2) is 48.6 Å². The van der Waals surface area contributed by atoms with Crippen LogP contribution in [-0.4, -0.2) is 24.2 Å². The zero-order valence-electron chi connectivity index (χ0n) is 11.4. The van der Waals surface area contributed by atoms with Gasteiger partial charge in [-0.15, -0.1) is 23.2 Å². The van der Waals surface area contributed by atoms with E-state index in [2.05, 4.69) is 74.8 Å². The molecule has 0 nitrogen and oxygen atoms in total. The molecule has 0 bridgehead atoms. The Bertz CT molecular complexity index is 402. The molecule has 0 N–H and O–H groups in total. The van der Waals surface area contributed by atoms with Gasteiger partial charge < -0.3 is 0 Å². The van der Waals surface area contributed by atoms with Gasteiger partial charge >= 0.3 is 0 Å². The number of hydrogen-bond donors (Lipinski definition) is 0. The largest absolute Gasteiger partial charge is 0.114 e. The summed E-state index contributed by atoms with van der Waals surface area (Å²) < 4.78 is -0.566. The maximum Gasteiger partial charge on any atom is 0.0781 e. The van der Waals surface area contributed by atoms with Crippen molar-refractivity contribution in [3.63, 3.8) is 0 Å². The van der Waals surface area contributed by atoms with Gasteiger partial charge in [-0.1, -0.05) is 74.8 Å². The lowest BCUT2D eigenvalue weighted by atomic mass is 10.4. The summed E-state index contributed by atoms with van der Waals surface area (Å²) in [7, 11) is -3.53. The monoisotopic (exact) mass is 314 g/mol. The summed E-state index contributed by atoms with van der Waals surface area (Å²) in [5, 5.41) is 0. The summed E-state index contributed by atoms with van der Waals surface area (Å²) in [6, 6.07) is 0. The van der Waals surface area contributed by atoms with E-state index < -0.39 is 15.2 Å². The molecule has 4 heteroatoms.